The first-order chi connectivity index (χ1) is 10.3. The lowest BCUT2D eigenvalue weighted by molar-refractivity contribution is 0.373. The number of methoxy groups -OCH3 is 2. The zero-order chi connectivity index (χ0) is 14.7. The van der Waals surface area contributed by atoms with E-state index in [-0.39, 0.29) is 12.0 Å². The third-order valence-electron chi connectivity index (χ3n) is 2.90. The molecular formula is C12H16N6O3. The van der Waals surface area contributed by atoms with Crippen LogP contribution in [0.2, 0.25) is 0 Å². The van der Waals surface area contributed by atoms with Crippen LogP contribution in [-0.2, 0) is 6.54 Å². The Morgan fingerprint density at radius 2 is 1.90 bits per heavy atom. The molecule has 9 heteroatoms. The van der Waals surface area contributed by atoms with Gasteiger partial charge in [0.05, 0.1) is 26.8 Å². The van der Waals surface area contributed by atoms with Gasteiger partial charge in [0.2, 0.25) is 23.6 Å². The van der Waals surface area contributed by atoms with Gasteiger partial charge in [0.1, 0.15) is 0 Å². The van der Waals surface area contributed by atoms with Crippen LogP contribution in [0.25, 0.3) is 0 Å². The molecule has 2 N–H and O–H groups in total. The predicted molar refractivity (Wildman–Crippen MR) is 72.6 cm³/mol. The second-order valence-electron chi connectivity index (χ2n) is 4.56. The predicted octanol–water partition coefficient (Wildman–Crippen LogP) is 0.872. The summed E-state index contributed by atoms with van der Waals surface area (Å²) < 4.78 is 15.6. The molecule has 0 aliphatic heterocycles. The van der Waals surface area contributed by atoms with Crippen molar-refractivity contribution in [1.82, 2.24) is 25.5 Å². The molecule has 0 aromatic carbocycles. The van der Waals surface area contributed by atoms with E-state index in [0.29, 0.717) is 30.2 Å². The first kappa shape index (κ1) is 13.6. The first-order valence-electron chi connectivity index (χ1n) is 6.56. The quantitative estimate of drug-likeness (QED) is 0.768. The molecule has 1 aliphatic rings. The molecule has 0 spiro atoms. The number of hydrogen-bond donors (Lipinski definition) is 2. The molecule has 1 aliphatic carbocycles. The van der Waals surface area contributed by atoms with Crippen LogP contribution in [0.5, 0.6) is 11.8 Å². The van der Waals surface area contributed by atoms with Crippen molar-refractivity contribution >= 4 is 12.0 Å². The number of rotatable bonds is 7. The van der Waals surface area contributed by atoms with Crippen molar-refractivity contribution in [1.29, 1.82) is 0 Å². The lowest BCUT2D eigenvalue weighted by Gasteiger charge is -2.05. The Kier molecular flexibility index (Phi) is 3.82. The van der Waals surface area contributed by atoms with Crippen LogP contribution in [0.1, 0.15) is 18.7 Å². The molecule has 0 bridgehead atoms. The summed E-state index contributed by atoms with van der Waals surface area (Å²) in [6.07, 6.45) is 2.41. The minimum atomic E-state index is 0.220. The average Bonchev–Trinajstić information content (AvgIpc) is 3.24. The third kappa shape index (κ3) is 3.57. The minimum absolute atomic E-state index is 0.220. The van der Waals surface area contributed by atoms with Gasteiger partial charge in [-0.3, -0.25) is 5.32 Å². The van der Waals surface area contributed by atoms with Crippen LogP contribution in [0.15, 0.2) is 10.5 Å². The van der Waals surface area contributed by atoms with Gasteiger partial charge in [-0.1, -0.05) is 5.10 Å². The van der Waals surface area contributed by atoms with Gasteiger partial charge in [0, 0.05) is 6.04 Å². The summed E-state index contributed by atoms with van der Waals surface area (Å²) in [4.78, 5) is 8.24. The Morgan fingerprint density at radius 1 is 1.19 bits per heavy atom. The fourth-order valence-corrected chi connectivity index (χ4v) is 1.66. The first-order valence-corrected chi connectivity index (χ1v) is 6.56. The Labute approximate surface area is 121 Å². The van der Waals surface area contributed by atoms with E-state index in [0.717, 1.165) is 0 Å². The zero-order valence-electron chi connectivity index (χ0n) is 11.8. The summed E-state index contributed by atoms with van der Waals surface area (Å²) in [6, 6.07) is 2.38. The van der Waals surface area contributed by atoms with Gasteiger partial charge < -0.3 is 19.2 Å². The maximum absolute atomic E-state index is 5.46. The Morgan fingerprint density at radius 3 is 2.52 bits per heavy atom. The SMILES string of the molecule is COc1cc(OC)nc(Nc2nnc(CNC3CC3)o2)n1. The van der Waals surface area contributed by atoms with Gasteiger partial charge in [0.25, 0.3) is 0 Å². The topological polar surface area (TPSA) is 107 Å². The Bertz CT molecular complexity index is 591. The minimum Gasteiger partial charge on any atom is -0.481 e. The largest absolute Gasteiger partial charge is 0.481 e. The van der Waals surface area contributed by atoms with Crippen LogP contribution < -0.4 is 20.1 Å². The molecule has 0 amide bonds. The van der Waals surface area contributed by atoms with Crippen LogP contribution in [-0.4, -0.2) is 40.4 Å². The summed E-state index contributed by atoms with van der Waals surface area (Å²) in [5.74, 6) is 1.52. The van der Waals surface area contributed by atoms with Gasteiger partial charge in [-0.25, -0.2) is 0 Å². The highest BCUT2D eigenvalue weighted by Gasteiger charge is 2.21. The van der Waals surface area contributed by atoms with Crippen LogP contribution in [0, 0.1) is 0 Å². The molecule has 2 heterocycles. The summed E-state index contributed by atoms with van der Waals surface area (Å²) in [7, 11) is 3.03. The molecule has 2 aromatic heterocycles. The van der Waals surface area contributed by atoms with Crippen molar-refractivity contribution in [3.05, 3.63) is 12.0 Å². The van der Waals surface area contributed by atoms with E-state index in [1.54, 1.807) is 6.07 Å². The summed E-state index contributed by atoms with van der Waals surface area (Å²) >= 11 is 0. The standard InChI is InChI=1S/C12H16N6O3/c1-19-8-5-9(20-2)15-11(14-8)16-12-18-17-10(21-12)6-13-7-3-4-7/h5,7,13H,3-4,6H2,1-2H3,(H,14,15,16,18). The van der Waals surface area contributed by atoms with Crippen molar-refractivity contribution < 1.29 is 13.9 Å². The lowest BCUT2D eigenvalue weighted by Crippen LogP contribution is -2.15. The fraction of sp³-hybridized carbons (Fsp3) is 0.500. The highest BCUT2D eigenvalue weighted by atomic mass is 16.5. The van der Waals surface area contributed by atoms with E-state index in [1.165, 1.54) is 27.1 Å². The van der Waals surface area contributed by atoms with E-state index >= 15 is 0 Å². The molecule has 112 valence electrons. The summed E-state index contributed by atoms with van der Waals surface area (Å²) in [5, 5.41) is 13.9. The van der Waals surface area contributed by atoms with E-state index in [9.17, 15) is 0 Å². The average molecular weight is 292 g/mol. The van der Waals surface area contributed by atoms with E-state index < -0.39 is 0 Å². The third-order valence-corrected chi connectivity index (χ3v) is 2.90. The van der Waals surface area contributed by atoms with Crippen LogP contribution >= 0.6 is 0 Å². The lowest BCUT2D eigenvalue weighted by atomic mass is 10.6. The molecule has 3 rings (SSSR count). The summed E-state index contributed by atoms with van der Waals surface area (Å²) in [5.41, 5.74) is 0. The molecular weight excluding hydrogens is 276 g/mol. The molecule has 1 saturated carbocycles. The van der Waals surface area contributed by atoms with Crippen molar-refractivity contribution in [3.8, 4) is 11.8 Å². The smallest absolute Gasteiger partial charge is 0.322 e. The summed E-state index contributed by atoms with van der Waals surface area (Å²) in [6.45, 7) is 0.557. The van der Waals surface area contributed by atoms with Crippen molar-refractivity contribution in [2.45, 2.75) is 25.4 Å². The van der Waals surface area contributed by atoms with Crippen molar-refractivity contribution in [2.75, 3.05) is 19.5 Å². The van der Waals surface area contributed by atoms with Crippen molar-refractivity contribution in [2.24, 2.45) is 0 Å². The fourth-order valence-electron chi connectivity index (χ4n) is 1.66. The number of nitrogens with zero attached hydrogens (tertiary/aromatic N) is 4. The highest BCUT2D eigenvalue weighted by Crippen LogP contribution is 2.21. The van der Waals surface area contributed by atoms with Crippen molar-refractivity contribution in [3.63, 3.8) is 0 Å². The van der Waals surface area contributed by atoms with Gasteiger partial charge in [-0.15, -0.1) is 5.10 Å². The molecule has 2 aromatic rings. The molecule has 0 atom stereocenters. The zero-order valence-corrected chi connectivity index (χ0v) is 11.8. The number of hydrogen-bond acceptors (Lipinski definition) is 9. The number of nitrogens with one attached hydrogen (secondary N) is 2. The van der Waals surface area contributed by atoms with E-state index in [1.807, 2.05) is 0 Å². The van der Waals surface area contributed by atoms with Gasteiger partial charge in [-0.2, -0.15) is 9.97 Å². The highest BCUT2D eigenvalue weighted by molar-refractivity contribution is 5.42. The maximum atomic E-state index is 5.46. The monoisotopic (exact) mass is 292 g/mol. The molecule has 21 heavy (non-hydrogen) atoms. The van der Waals surface area contributed by atoms with Crippen LogP contribution in [0.3, 0.4) is 0 Å². The number of anilines is 2. The molecule has 0 radical (unpaired) electrons. The van der Waals surface area contributed by atoms with Gasteiger partial charge in [-0.05, 0) is 12.8 Å². The van der Waals surface area contributed by atoms with Gasteiger partial charge in [0.15, 0.2) is 0 Å². The second kappa shape index (κ2) is 5.92. The van der Waals surface area contributed by atoms with E-state index in [4.69, 9.17) is 13.9 Å². The Hall–Kier alpha value is -2.42. The molecule has 9 nitrogen and oxygen atoms in total. The number of ether oxygens (including phenoxy) is 2. The maximum Gasteiger partial charge on any atom is 0.322 e. The van der Waals surface area contributed by atoms with Gasteiger partial charge >= 0.3 is 6.01 Å². The molecule has 0 saturated heterocycles. The second-order valence-corrected chi connectivity index (χ2v) is 4.56. The molecule has 0 unspecified atom stereocenters. The normalized spacial score (nSPS) is 14.0. The van der Waals surface area contributed by atoms with Crippen LogP contribution in [0.4, 0.5) is 12.0 Å². The molecule has 1 fully saturated rings. The Balaban J connectivity index is 1.67. The van der Waals surface area contributed by atoms with E-state index in [2.05, 4.69) is 30.8 Å². The number of aromatic nitrogens is 4.